The highest BCUT2D eigenvalue weighted by Gasteiger charge is 2.30. The number of carbonyl (C=O) groups is 2. The molecule has 2 aromatic carbocycles. The zero-order chi connectivity index (χ0) is 16.9. The van der Waals surface area contributed by atoms with Gasteiger partial charge in [0, 0.05) is 16.6 Å². The van der Waals surface area contributed by atoms with Crippen molar-refractivity contribution in [1.29, 1.82) is 0 Å². The third-order valence-corrected chi connectivity index (χ3v) is 4.03. The standard InChI is InChI=1S/C19H18ClNO3/c20-15-8-6-13(7-9-15)12-17(22)24-18(14-4-2-1-3-5-14)19(23)21-16-10-11-16/h1-9,16,18H,10-12H2,(H,21,23)/t18-/m1/s1. The van der Waals surface area contributed by atoms with Gasteiger partial charge in [-0.2, -0.15) is 0 Å². The first kappa shape index (κ1) is 16.5. The molecule has 124 valence electrons. The minimum Gasteiger partial charge on any atom is -0.447 e. The molecule has 1 amide bonds. The van der Waals surface area contributed by atoms with Crippen molar-refractivity contribution >= 4 is 23.5 Å². The first-order chi connectivity index (χ1) is 11.6. The second kappa shape index (κ2) is 7.49. The highest BCUT2D eigenvalue weighted by molar-refractivity contribution is 6.30. The predicted octanol–water partition coefficient (Wildman–Crippen LogP) is 3.45. The van der Waals surface area contributed by atoms with E-state index in [0.29, 0.717) is 10.6 Å². The van der Waals surface area contributed by atoms with Crippen LogP contribution in [0.4, 0.5) is 0 Å². The lowest BCUT2D eigenvalue weighted by Crippen LogP contribution is -2.33. The number of nitrogens with one attached hydrogen (secondary N) is 1. The van der Waals surface area contributed by atoms with Gasteiger partial charge in [0.05, 0.1) is 6.42 Å². The molecule has 1 N–H and O–H groups in total. The molecule has 2 aromatic rings. The van der Waals surface area contributed by atoms with Crippen molar-refractivity contribution in [3.8, 4) is 0 Å². The number of halogens is 1. The van der Waals surface area contributed by atoms with Crippen molar-refractivity contribution in [2.75, 3.05) is 0 Å². The number of hydrogen-bond donors (Lipinski definition) is 1. The highest BCUT2D eigenvalue weighted by atomic mass is 35.5. The smallest absolute Gasteiger partial charge is 0.311 e. The number of hydrogen-bond acceptors (Lipinski definition) is 3. The maximum atomic E-state index is 12.4. The maximum absolute atomic E-state index is 12.4. The van der Waals surface area contributed by atoms with Crippen molar-refractivity contribution in [2.24, 2.45) is 0 Å². The molecular weight excluding hydrogens is 326 g/mol. The SMILES string of the molecule is O=C(Cc1ccc(Cl)cc1)O[C@@H](C(=O)NC1CC1)c1ccccc1. The van der Waals surface area contributed by atoms with Gasteiger partial charge in [0.15, 0.2) is 0 Å². The van der Waals surface area contributed by atoms with Gasteiger partial charge < -0.3 is 10.1 Å². The summed E-state index contributed by atoms with van der Waals surface area (Å²) in [4.78, 5) is 24.7. The fraction of sp³-hybridized carbons (Fsp3) is 0.263. The van der Waals surface area contributed by atoms with Gasteiger partial charge in [-0.1, -0.05) is 54.1 Å². The van der Waals surface area contributed by atoms with Crippen LogP contribution in [0, 0.1) is 0 Å². The average molecular weight is 344 g/mol. The lowest BCUT2D eigenvalue weighted by molar-refractivity contribution is -0.156. The fourth-order valence-electron chi connectivity index (χ4n) is 2.35. The summed E-state index contributed by atoms with van der Waals surface area (Å²) >= 11 is 5.84. The van der Waals surface area contributed by atoms with E-state index in [1.54, 1.807) is 36.4 Å². The number of esters is 1. The fourth-order valence-corrected chi connectivity index (χ4v) is 2.47. The number of rotatable bonds is 6. The largest absolute Gasteiger partial charge is 0.447 e. The lowest BCUT2D eigenvalue weighted by atomic mass is 10.1. The first-order valence-electron chi connectivity index (χ1n) is 7.91. The number of amides is 1. The van der Waals surface area contributed by atoms with Crippen LogP contribution in [0.25, 0.3) is 0 Å². The van der Waals surface area contributed by atoms with Crippen molar-refractivity contribution in [1.82, 2.24) is 5.32 Å². The van der Waals surface area contributed by atoms with Gasteiger partial charge in [0.2, 0.25) is 6.10 Å². The summed E-state index contributed by atoms with van der Waals surface area (Å²) < 4.78 is 5.48. The Labute approximate surface area is 145 Å². The van der Waals surface area contributed by atoms with Crippen LogP contribution in [0.1, 0.15) is 30.1 Å². The van der Waals surface area contributed by atoms with E-state index >= 15 is 0 Å². The zero-order valence-corrected chi connectivity index (χ0v) is 13.8. The quantitative estimate of drug-likeness (QED) is 0.817. The maximum Gasteiger partial charge on any atom is 0.311 e. The highest BCUT2D eigenvalue weighted by Crippen LogP contribution is 2.23. The van der Waals surface area contributed by atoms with Crippen LogP contribution in [0.3, 0.4) is 0 Å². The van der Waals surface area contributed by atoms with Gasteiger partial charge in [0.25, 0.3) is 5.91 Å². The molecule has 0 heterocycles. The first-order valence-corrected chi connectivity index (χ1v) is 8.29. The van der Waals surface area contributed by atoms with Gasteiger partial charge in [-0.3, -0.25) is 9.59 Å². The molecule has 3 rings (SSSR count). The van der Waals surface area contributed by atoms with Gasteiger partial charge >= 0.3 is 5.97 Å². The summed E-state index contributed by atoms with van der Waals surface area (Å²) in [5, 5.41) is 3.50. The van der Waals surface area contributed by atoms with Crippen LogP contribution in [-0.4, -0.2) is 17.9 Å². The number of carbonyl (C=O) groups excluding carboxylic acids is 2. The van der Waals surface area contributed by atoms with E-state index in [0.717, 1.165) is 18.4 Å². The molecular formula is C19H18ClNO3. The summed E-state index contributed by atoms with van der Waals surface area (Å²) in [5.74, 6) is -0.717. The predicted molar refractivity (Wildman–Crippen MR) is 91.6 cm³/mol. The van der Waals surface area contributed by atoms with E-state index in [1.807, 2.05) is 18.2 Å². The van der Waals surface area contributed by atoms with Crippen LogP contribution in [0.15, 0.2) is 54.6 Å². The Morgan fingerprint density at radius 2 is 1.75 bits per heavy atom. The lowest BCUT2D eigenvalue weighted by Gasteiger charge is -2.18. The Hall–Kier alpha value is -2.33. The minimum atomic E-state index is -0.924. The summed E-state index contributed by atoms with van der Waals surface area (Å²) in [7, 11) is 0. The molecule has 0 spiro atoms. The van der Waals surface area contributed by atoms with E-state index in [4.69, 9.17) is 16.3 Å². The Balaban J connectivity index is 1.69. The van der Waals surface area contributed by atoms with Crippen LogP contribution < -0.4 is 5.32 Å². The van der Waals surface area contributed by atoms with Gasteiger partial charge in [-0.15, -0.1) is 0 Å². The molecule has 4 nitrogen and oxygen atoms in total. The van der Waals surface area contributed by atoms with E-state index in [2.05, 4.69) is 5.32 Å². The molecule has 0 bridgehead atoms. The van der Waals surface area contributed by atoms with E-state index in [1.165, 1.54) is 0 Å². The van der Waals surface area contributed by atoms with E-state index in [-0.39, 0.29) is 18.4 Å². The normalized spacial score (nSPS) is 14.7. The third-order valence-electron chi connectivity index (χ3n) is 3.78. The molecule has 24 heavy (non-hydrogen) atoms. The summed E-state index contributed by atoms with van der Waals surface area (Å²) in [6, 6.07) is 16.3. The van der Waals surface area contributed by atoms with Crippen LogP contribution in [0.5, 0.6) is 0 Å². The Bertz CT molecular complexity index is 711. The Kier molecular flexibility index (Phi) is 5.16. The number of ether oxygens (including phenoxy) is 1. The Morgan fingerprint density at radius 1 is 1.08 bits per heavy atom. The summed E-state index contributed by atoms with van der Waals surface area (Å²) in [6.07, 6.45) is 1.13. The monoisotopic (exact) mass is 343 g/mol. The molecule has 0 saturated heterocycles. The van der Waals surface area contributed by atoms with Crippen molar-refractivity contribution in [3.63, 3.8) is 0 Å². The second-order valence-corrected chi connectivity index (χ2v) is 6.30. The molecule has 0 unspecified atom stereocenters. The molecule has 1 aliphatic rings. The third kappa shape index (κ3) is 4.59. The Morgan fingerprint density at radius 3 is 2.38 bits per heavy atom. The molecule has 1 aliphatic carbocycles. The average Bonchev–Trinajstić information content (AvgIpc) is 3.39. The van der Waals surface area contributed by atoms with E-state index in [9.17, 15) is 9.59 Å². The van der Waals surface area contributed by atoms with Gasteiger partial charge in [0.1, 0.15) is 0 Å². The molecule has 0 aliphatic heterocycles. The molecule has 0 aromatic heterocycles. The molecule has 1 atom stereocenters. The van der Waals surface area contributed by atoms with Gasteiger partial charge in [-0.25, -0.2) is 0 Å². The second-order valence-electron chi connectivity index (χ2n) is 5.87. The molecule has 1 fully saturated rings. The van der Waals surface area contributed by atoms with Crippen LogP contribution in [0.2, 0.25) is 5.02 Å². The summed E-state index contributed by atoms with van der Waals surface area (Å²) in [5.41, 5.74) is 1.46. The van der Waals surface area contributed by atoms with Crippen LogP contribution in [-0.2, 0) is 20.7 Å². The minimum absolute atomic E-state index is 0.0945. The zero-order valence-electron chi connectivity index (χ0n) is 13.1. The molecule has 1 saturated carbocycles. The summed E-state index contributed by atoms with van der Waals surface area (Å²) in [6.45, 7) is 0. The van der Waals surface area contributed by atoms with Crippen LogP contribution >= 0.6 is 11.6 Å². The van der Waals surface area contributed by atoms with Gasteiger partial charge in [-0.05, 0) is 30.5 Å². The van der Waals surface area contributed by atoms with Crippen molar-refractivity contribution in [2.45, 2.75) is 31.4 Å². The topological polar surface area (TPSA) is 55.4 Å². The molecule has 0 radical (unpaired) electrons. The number of benzene rings is 2. The van der Waals surface area contributed by atoms with Crippen molar-refractivity contribution < 1.29 is 14.3 Å². The molecule has 5 heteroatoms. The van der Waals surface area contributed by atoms with E-state index < -0.39 is 12.1 Å². The van der Waals surface area contributed by atoms with Crippen molar-refractivity contribution in [3.05, 3.63) is 70.7 Å².